The summed E-state index contributed by atoms with van der Waals surface area (Å²) in [4.78, 5) is 9.41. The van der Waals surface area contributed by atoms with E-state index in [0.717, 1.165) is 0 Å². The van der Waals surface area contributed by atoms with Crippen LogP contribution < -0.4 is 5.73 Å². The van der Waals surface area contributed by atoms with E-state index in [2.05, 4.69) is 6.58 Å². The number of rotatable bonds is 1. The highest BCUT2D eigenvalue weighted by molar-refractivity contribution is 5.43. The normalized spacial score (nSPS) is 23.2. The Balaban J connectivity index is 3.20. The Morgan fingerprint density at radius 2 is 2.15 bits per heavy atom. The molecule has 0 aromatic heterocycles. The molecule has 1 aliphatic carbocycles. The van der Waals surface area contributed by atoms with Gasteiger partial charge >= 0.3 is 0 Å². The van der Waals surface area contributed by atoms with Crippen molar-refractivity contribution >= 4 is 0 Å². The third-order valence-electron chi connectivity index (χ3n) is 1.67. The van der Waals surface area contributed by atoms with Crippen LogP contribution in [0.4, 0.5) is 8.78 Å². The Labute approximate surface area is 72.2 Å². The lowest BCUT2D eigenvalue weighted by Gasteiger charge is -2.14. The maximum absolute atomic E-state index is 12.7. The van der Waals surface area contributed by atoms with Gasteiger partial charge in [-0.3, -0.25) is 10.1 Å². The van der Waals surface area contributed by atoms with Crippen molar-refractivity contribution < 1.29 is 13.7 Å². The van der Waals surface area contributed by atoms with Gasteiger partial charge in [-0.25, -0.2) is 8.78 Å². The second-order valence-corrected chi connectivity index (χ2v) is 2.49. The van der Waals surface area contributed by atoms with Crippen LogP contribution in [0, 0.1) is 10.1 Å². The minimum absolute atomic E-state index is 0.410. The summed E-state index contributed by atoms with van der Waals surface area (Å²) in [6.45, 7) is 3.12. The minimum Gasteiger partial charge on any atom is -0.315 e. The van der Waals surface area contributed by atoms with Crippen molar-refractivity contribution in [2.24, 2.45) is 5.73 Å². The number of nitro groups is 1. The molecule has 0 amide bonds. The Morgan fingerprint density at radius 3 is 2.62 bits per heavy atom. The molecule has 4 nitrogen and oxygen atoms in total. The van der Waals surface area contributed by atoms with Gasteiger partial charge in [0, 0.05) is 5.57 Å². The lowest BCUT2D eigenvalue weighted by atomic mass is 10.00. The Bertz CT molecular complexity index is 346. The summed E-state index contributed by atoms with van der Waals surface area (Å²) in [5.74, 6) is -2.53. The molecule has 0 radical (unpaired) electrons. The lowest BCUT2D eigenvalue weighted by molar-refractivity contribution is -0.428. The van der Waals surface area contributed by atoms with Crippen LogP contribution in [0.5, 0.6) is 0 Å². The second kappa shape index (κ2) is 3.06. The third kappa shape index (κ3) is 1.48. The fraction of sp³-hybridized carbons (Fsp3) is 0.143. The minimum atomic E-state index is -1.31. The largest absolute Gasteiger partial charge is 0.315 e. The quantitative estimate of drug-likeness (QED) is 0.496. The second-order valence-electron chi connectivity index (χ2n) is 2.49. The van der Waals surface area contributed by atoms with Crippen LogP contribution in [0.1, 0.15) is 0 Å². The summed E-state index contributed by atoms with van der Waals surface area (Å²) in [7, 11) is 0. The fourth-order valence-corrected chi connectivity index (χ4v) is 0.918. The van der Waals surface area contributed by atoms with Crippen LogP contribution in [0.15, 0.2) is 35.6 Å². The van der Waals surface area contributed by atoms with Gasteiger partial charge in [0.2, 0.25) is 0 Å². The molecule has 70 valence electrons. The summed E-state index contributed by atoms with van der Waals surface area (Å²) >= 11 is 0. The SMILES string of the molecule is C=C1C(F)=C(F)C=C([N+](=O)[O-])C1N. The van der Waals surface area contributed by atoms with E-state index in [9.17, 15) is 18.9 Å². The van der Waals surface area contributed by atoms with Crippen LogP contribution in [0.3, 0.4) is 0 Å². The number of nitrogens with two attached hydrogens (primary N) is 1. The monoisotopic (exact) mass is 188 g/mol. The van der Waals surface area contributed by atoms with Crippen molar-refractivity contribution in [2.45, 2.75) is 6.04 Å². The van der Waals surface area contributed by atoms with Gasteiger partial charge in [0.1, 0.15) is 6.04 Å². The van der Waals surface area contributed by atoms with Gasteiger partial charge in [0.05, 0.1) is 11.0 Å². The number of hydrogen-bond donors (Lipinski definition) is 1. The molecule has 0 saturated carbocycles. The summed E-state index contributed by atoms with van der Waals surface area (Å²) < 4.78 is 25.3. The molecule has 13 heavy (non-hydrogen) atoms. The van der Waals surface area contributed by atoms with Crippen LogP contribution in [-0.4, -0.2) is 11.0 Å². The van der Waals surface area contributed by atoms with Gasteiger partial charge in [-0.1, -0.05) is 6.58 Å². The van der Waals surface area contributed by atoms with Gasteiger partial charge in [-0.05, 0) is 0 Å². The van der Waals surface area contributed by atoms with E-state index in [1.807, 2.05) is 0 Å². The number of allylic oxidation sites excluding steroid dienone is 2. The predicted octanol–water partition coefficient (Wildman–Crippen LogP) is 1.19. The molecule has 1 unspecified atom stereocenters. The maximum atomic E-state index is 12.7. The predicted molar refractivity (Wildman–Crippen MR) is 41.4 cm³/mol. The van der Waals surface area contributed by atoms with E-state index < -0.39 is 33.9 Å². The number of hydrogen-bond acceptors (Lipinski definition) is 3. The molecule has 1 atom stereocenters. The molecule has 1 rings (SSSR count). The first-order valence-electron chi connectivity index (χ1n) is 3.31. The highest BCUT2D eigenvalue weighted by Gasteiger charge is 2.32. The molecular formula is C7H6F2N2O2. The van der Waals surface area contributed by atoms with Crippen LogP contribution >= 0.6 is 0 Å². The molecule has 2 N–H and O–H groups in total. The Hall–Kier alpha value is -1.56. The van der Waals surface area contributed by atoms with Gasteiger partial charge < -0.3 is 5.73 Å². The molecule has 0 saturated heterocycles. The van der Waals surface area contributed by atoms with E-state index >= 15 is 0 Å². The van der Waals surface area contributed by atoms with Crippen LogP contribution in [-0.2, 0) is 0 Å². The van der Waals surface area contributed by atoms with Crippen molar-refractivity contribution in [3.8, 4) is 0 Å². The van der Waals surface area contributed by atoms with E-state index in [1.54, 1.807) is 0 Å². The van der Waals surface area contributed by atoms with Gasteiger partial charge in [0.15, 0.2) is 11.7 Å². The van der Waals surface area contributed by atoms with Crippen molar-refractivity contribution in [1.82, 2.24) is 0 Å². The standard InChI is InChI=1S/C7H6F2N2O2/c1-3-6(9)4(8)2-5(7(3)10)11(12)13/h2,7H,1,10H2. The van der Waals surface area contributed by atoms with Crippen LogP contribution in [0.2, 0.25) is 0 Å². The average molecular weight is 188 g/mol. The molecule has 6 heteroatoms. The number of halogens is 2. The molecule has 0 fully saturated rings. The van der Waals surface area contributed by atoms with E-state index in [4.69, 9.17) is 5.73 Å². The summed E-state index contributed by atoms with van der Waals surface area (Å²) in [5.41, 5.74) is 4.22. The molecule has 0 aromatic rings. The molecular weight excluding hydrogens is 182 g/mol. The first-order valence-corrected chi connectivity index (χ1v) is 3.31. The lowest BCUT2D eigenvalue weighted by Crippen LogP contribution is -2.31. The maximum Gasteiger partial charge on any atom is 0.270 e. The van der Waals surface area contributed by atoms with Crippen molar-refractivity contribution in [1.29, 1.82) is 0 Å². The number of nitrogens with zero attached hydrogens (tertiary/aromatic N) is 1. The molecule has 0 bridgehead atoms. The first-order chi connectivity index (χ1) is 5.95. The van der Waals surface area contributed by atoms with Gasteiger partial charge in [-0.15, -0.1) is 0 Å². The molecule has 0 aliphatic heterocycles. The Kier molecular flexibility index (Phi) is 2.24. The van der Waals surface area contributed by atoms with Crippen molar-refractivity contribution in [2.75, 3.05) is 0 Å². The van der Waals surface area contributed by atoms with Crippen molar-refractivity contribution in [3.05, 3.63) is 45.7 Å². The summed E-state index contributed by atoms with van der Waals surface area (Å²) in [6, 6.07) is -1.28. The molecule has 0 aromatic carbocycles. The van der Waals surface area contributed by atoms with E-state index in [-0.39, 0.29) is 0 Å². The topological polar surface area (TPSA) is 69.2 Å². The van der Waals surface area contributed by atoms with E-state index in [0.29, 0.717) is 6.08 Å². The molecule has 1 aliphatic rings. The zero-order chi connectivity index (χ0) is 10.2. The highest BCUT2D eigenvalue weighted by atomic mass is 19.2. The summed E-state index contributed by atoms with van der Waals surface area (Å²) in [5, 5.41) is 10.3. The first kappa shape index (κ1) is 9.53. The smallest absolute Gasteiger partial charge is 0.270 e. The highest BCUT2D eigenvalue weighted by Crippen LogP contribution is 2.28. The third-order valence-corrected chi connectivity index (χ3v) is 1.67. The van der Waals surface area contributed by atoms with Gasteiger partial charge in [0.25, 0.3) is 5.70 Å². The zero-order valence-electron chi connectivity index (χ0n) is 6.46. The van der Waals surface area contributed by atoms with Crippen molar-refractivity contribution in [3.63, 3.8) is 0 Å². The Morgan fingerprint density at radius 1 is 1.62 bits per heavy atom. The average Bonchev–Trinajstić information content (AvgIpc) is 2.07. The van der Waals surface area contributed by atoms with Crippen LogP contribution in [0.25, 0.3) is 0 Å². The van der Waals surface area contributed by atoms with Gasteiger partial charge in [-0.2, -0.15) is 0 Å². The summed E-state index contributed by atoms with van der Waals surface area (Å²) in [6.07, 6.45) is 0.467. The van der Waals surface area contributed by atoms with E-state index in [1.165, 1.54) is 0 Å². The zero-order valence-corrected chi connectivity index (χ0v) is 6.46. The fourth-order valence-electron chi connectivity index (χ4n) is 0.918. The molecule has 0 spiro atoms. The molecule has 0 heterocycles.